The van der Waals surface area contributed by atoms with Gasteiger partial charge in [0.2, 0.25) is 0 Å². The molecule has 18 heavy (non-hydrogen) atoms. The van der Waals surface area contributed by atoms with Crippen molar-refractivity contribution in [1.29, 1.82) is 0 Å². The van der Waals surface area contributed by atoms with Crippen LogP contribution in [0.2, 0.25) is 0 Å². The highest BCUT2D eigenvalue weighted by Gasteiger charge is 2.71. The fourth-order valence-corrected chi connectivity index (χ4v) is 0.661. The van der Waals surface area contributed by atoms with E-state index < -0.39 is 42.7 Å². The molecule has 0 saturated carbocycles. The van der Waals surface area contributed by atoms with E-state index in [1.165, 1.54) is 0 Å². The Morgan fingerprint density at radius 3 is 1.78 bits per heavy atom. The number of carbonyl (C=O) groups excluding carboxylic acids is 1. The summed E-state index contributed by atoms with van der Waals surface area (Å²) in [6, 6.07) is 0. The van der Waals surface area contributed by atoms with Crippen LogP contribution in [0.5, 0.6) is 0 Å². The Hall–Kier alpha value is -1.29. The number of halogens is 6. The molecule has 0 radical (unpaired) electrons. The molecule has 0 saturated heterocycles. The van der Waals surface area contributed by atoms with Gasteiger partial charge in [-0.05, 0) is 0 Å². The number of hydrogen-bond donors (Lipinski definition) is 2. The van der Waals surface area contributed by atoms with E-state index in [0.29, 0.717) is 0 Å². The van der Waals surface area contributed by atoms with Crippen molar-refractivity contribution in [2.24, 2.45) is 0 Å². The molecule has 0 heterocycles. The van der Waals surface area contributed by atoms with E-state index in [4.69, 9.17) is 10.2 Å². The lowest BCUT2D eigenvalue weighted by Crippen LogP contribution is -2.60. The van der Waals surface area contributed by atoms with E-state index >= 15 is 0 Å². The number of aliphatic hydroxyl groups excluding tert-OH is 1. The maximum atomic E-state index is 12.1. The maximum absolute atomic E-state index is 12.1. The van der Waals surface area contributed by atoms with Gasteiger partial charge in [-0.25, -0.2) is 4.79 Å². The lowest BCUT2D eigenvalue weighted by molar-refractivity contribution is -0.375. The fraction of sp³-hybridized carbons (Fsp3) is 0.625. The topological polar surface area (TPSA) is 66.8 Å². The second-order valence-electron chi connectivity index (χ2n) is 3.19. The number of ether oxygens (including phenoxy) is 1. The Labute approximate surface area is 96.5 Å². The van der Waals surface area contributed by atoms with Crippen molar-refractivity contribution in [1.82, 2.24) is 0 Å². The van der Waals surface area contributed by atoms with Crippen molar-refractivity contribution < 1.29 is 46.1 Å². The minimum atomic E-state index is -6.08. The molecule has 106 valence electrons. The van der Waals surface area contributed by atoms with Gasteiger partial charge in [-0.3, -0.25) is 0 Å². The molecular formula is C8H8F6O4. The summed E-state index contributed by atoms with van der Waals surface area (Å²) in [6.45, 7) is -0.552. The van der Waals surface area contributed by atoms with E-state index in [1.807, 2.05) is 0 Å². The molecule has 0 aromatic rings. The number of rotatable bonds is 4. The average Bonchev–Trinajstić information content (AvgIpc) is 2.20. The second kappa shape index (κ2) is 5.14. The van der Waals surface area contributed by atoms with E-state index in [-0.39, 0.29) is 0 Å². The molecule has 0 aliphatic carbocycles. The van der Waals surface area contributed by atoms with Crippen LogP contribution < -0.4 is 0 Å². The first-order valence-corrected chi connectivity index (χ1v) is 4.18. The SMILES string of the molecule is C=C(CO)C(=O)OCC(O)(C(F)(F)F)C(F)(F)F. The first kappa shape index (κ1) is 16.7. The molecule has 10 heteroatoms. The molecule has 0 aromatic carbocycles. The normalized spacial score (nSPS) is 13.3. The summed E-state index contributed by atoms with van der Waals surface area (Å²) in [6.07, 6.45) is -12.2. The van der Waals surface area contributed by atoms with Gasteiger partial charge >= 0.3 is 18.3 Å². The monoisotopic (exact) mass is 282 g/mol. The number of esters is 1. The van der Waals surface area contributed by atoms with Crippen LogP contribution in [-0.2, 0) is 9.53 Å². The summed E-state index contributed by atoms with van der Waals surface area (Å²) in [5.74, 6) is -1.68. The Kier molecular flexibility index (Phi) is 4.77. The van der Waals surface area contributed by atoms with Gasteiger partial charge < -0.3 is 14.9 Å². The molecule has 0 bridgehead atoms. The van der Waals surface area contributed by atoms with Crippen molar-refractivity contribution in [2.45, 2.75) is 18.0 Å². The van der Waals surface area contributed by atoms with E-state index in [9.17, 15) is 31.1 Å². The van der Waals surface area contributed by atoms with Gasteiger partial charge in [0, 0.05) is 0 Å². The standard InChI is InChI=1S/C8H8F6O4/c1-4(2-15)5(16)18-3-6(17,7(9,10)11)8(12,13)14/h15,17H,1-3H2. The predicted molar refractivity (Wildman–Crippen MR) is 44.2 cm³/mol. The third kappa shape index (κ3) is 3.35. The van der Waals surface area contributed by atoms with E-state index in [2.05, 4.69) is 11.3 Å². The molecule has 0 aliphatic rings. The van der Waals surface area contributed by atoms with Gasteiger partial charge in [0.15, 0.2) is 0 Å². The summed E-state index contributed by atoms with van der Waals surface area (Å²) in [5, 5.41) is 16.9. The minimum Gasteiger partial charge on any atom is -0.458 e. The van der Waals surface area contributed by atoms with Crippen molar-refractivity contribution in [3.63, 3.8) is 0 Å². The number of hydrogen-bond acceptors (Lipinski definition) is 4. The molecule has 0 aromatic heterocycles. The lowest BCUT2D eigenvalue weighted by Gasteiger charge is -2.31. The van der Waals surface area contributed by atoms with Crippen molar-refractivity contribution in [3.8, 4) is 0 Å². The molecular weight excluding hydrogens is 274 g/mol. The zero-order chi connectivity index (χ0) is 14.8. The van der Waals surface area contributed by atoms with E-state index in [0.717, 1.165) is 0 Å². The first-order valence-electron chi connectivity index (χ1n) is 4.18. The average molecular weight is 282 g/mol. The Bertz CT molecular complexity index is 317. The zero-order valence-electron chi connectivity index (χ0n) is 8.60. The molecule has 0 spiro atoms. The second-order valence-corrected chi connectivity index (χ2v) is 3.19. The highest BCUT2D eigenvalue weighted by atomic mass is 19.4. The van der Waals surface area contributed by atoms with Gasteiger partial charge in [-0.2, -0.15) is 26.3 Å². The molecule has 2 N–H and O–H groups in total. The summed E-state index contributed by atoms with van der Waals surface area (Å²) in [5.41, 5.74) is -5.92. The molecule has 0 amide bonds. The van der Waals surface area contributed by atoms with Crippen LogP contribution in [0.15, 0.2) is 12.2 Å². The van der Waals surface area contributed by atoms with Crippen LogP contribution in [0.25, 0.3) is 0 Å². The summed E-state index contributed by atoms with van der Waals surface area (Å²) >= 11 is 0. The highest BCUT2D eigenvalue weighted by Crippen LogP contribution is 2.43. The molecule has 0 aliphatic heterocycles. The van der Waals surface area contributed by atoms with Gasteiger partial charge in [0.05, 0.1) is 12.2 Å². The summed E-state index contributed by atoms with van der Waals surface area (Å²) in [4.78, 5) is 10.7. The quantitative estimate of drug-likeness (QED) is 0.457. The van der Waals surface area contributed by atoms with Gasteiger partial charge in [0.1, 0.15) is 6.61 Å². The van der Waals surface area contributed by atoms with Gasteiger partial charge in [-0.1, -0.05) is 6.58 Å². The Balaban J connectivity index is 4.98. The minimum absolute atomic E-state index is 0.748. The molecule has 0 atom stereocenters. The van der Waals surface area contributed by atoms with Crippen molar-refractivity contribution in [3.05, 3.63) is 12.2 Å². The van der Waals surface area contributed by atoms with Crippen molar-refractivity contribution in [2.75, 3.05) is 13.2 Å². The predicted octanol–water partition coefficient (Wildman–Crippen LogP) is 0.934. The van der Waals surface area contributed by atoms with Crippen LogP contribution in [0.1, 0.15) is 0 Å². The van der Waals surface area contributed by atoms with Crippen LogP contribution in [-0.4, -0.2) is 47.3 Å². The van der Waals surface area contributed by atoms with Gasteiger partial charge in [-0.15, -0.1) is 0 Å². The van der Waals surface area contributed by atoms with Crippen LogP contribution in [0, 0.1) is 0 Å². The highest BCUT2D eigenvalue weighted by molar-refractivity contribution is 5.87. The van der Waals surface area contributed by atoms with Crippen LogP contribution in [0.3, 0.4) is 0 Å². The Morgan fingerprint density at radius 2 is 1.50 bits per heavy atom. The fourth-order valence-electron chi connectivity index (χ4n) is 0.661. The number of carbonyl (C=O) groups is 1. The summed E-state index contributed by atoms with van der Waals surface area (Å²) < 4.78 is 76.2. The van der Waals surface area contributed by atoms with Crippen molar-refractivity contribution >= 4 is 5.97 Å². The molecule has 0 unspecified atom stereocenters. The largest absolute Gasteiger partial charge is 0.458 e. The number of aliphatic hydroxyl groups is 2. The van der Waals surface area contributed by atoms with Crippen LogP contribution in [0.4, 0.5) is 26.3 Å². The smallest absolute Gasteiger partial charge is 0.429 e. The Morgan fingerprint density at radius 1 is 1.11 bits per heavy atom. The third-order valence-corrected chi connectivity index (χ3v) is 1.83. The lowest BCUT2D eigenvalue weighted by atomic mass is 10.0. The summed E-state index contributed by atoms with van der Waals surface area (Å²) in [7, 11) is 0. The van der Waals surface area contributed by atoms with E-state index in [1.54, 1.807) is 0 Å². The zero-order valence-corrected chi connectivity index (χ0v) is 8.60. The molecule has 4 nitrogen and oxygen atoms in total. The molecule has 0 fully saturated rings. The van der Waals surface area contributed by atoms with Gasteiger partial charge in [0.25, 0.3) is 5.60 Å². The molecule has 0 rings (SSSR count). The first-order chi connectivity index (χ1) is 7.87. The van der Waals surface area contributed by atoms with Crippen LogP contribution >= 0.6 is 0 Å². The maximum Gasteiger partial charge on any atom is 0.429 e. The number of alkyl halides is 6. The third-order valence-electron chi connectivity index (χ3n) is 1.83.